The Balaban J connectivity index is 2.46. The van der Waals surface area contributed by atoms with Crippen LogP contribution in [0, 0.1) is 15.5 Å². The van der Waals surface area contributed by atoms with E-state index in [0.717, 1.165) is 12.4 Å². The van der Waals surface area contributed by atoms with Crippen LogP contribution in [0.3, 0.4) is 0 Å². The number of nitrogens with one attached hydrogen (secondary N) is 1. The summed E-state index contributed by atoms with van der Waals surface area (Å²) in [6.07, 6.45) is 2.40. The number of nitrogens with zero attached hydrogens (tertiary/aromatic N) is 3. The fraction of sp³-hybridized carbons (Fsp3) is 0.636. The number of anilines is 1. The van der Waals surface area contributed by atoms with E-state index < -0.39 is 11.0 Å². The number of aliphatic hydroxyl groups excluding tert-OH is 1. The van der Waals surface area contributed by atoms with Gasteiger partial charge in [0.25, 0.3) is 0 Å². The molecule has 2 N–H and O–H groups in total. The molecule has 7 heteroatoms. The third-order valence-electron chi connectivity index (χ3n) is 2.19. The molecule has 0 aliphatic rings. The van der Waals surface area contributed by atoms with Crippen LogP contribution in [0.4, 0.5) is 11.6 Å². The molecule has 0 radical (unpaired) electrons. The van der Waals surface area contributed by atoms with E-state index in [4.69, 9.17) is 0 Å². The smallest absolute Gasteiger partial charge is 0.305 e. The topological polar surface area (TPSA) is 101 Å². The fourth-order valence-corrected chi connectivity index (χ4v) is 1.49. The van der Waals surface area contributed by atoms with E-state index in [1.807, 2.05) is 20.8 Å². The minimum absolute atomic E-state index is 0.0391. The van der Waals surface area contributed by atoms with Gasteiger partial charge in [-0.3, -0.25) is 10.1 Å². The van der Waals surface area contributed by atoms with Gasteiger partial charge in [0.1, 0.15) is 12.4 Å². The van der Waals surface area contributed by atoms with Gasteiger partial charge in [-0.05, 0) is 11.8 Å². The Bertz CT molecular complexity index is 400. The summed E-state index contributed by atoms with van der Waals surface area (Å²) in [5, 5.41) is 23.0. The van der Waals surface area contributed by atoms with Crippen molar-refractivity contribution in [1.82, 2.24) is 9.97 Å². The predicted octanol–water partition coefficient (Wildman–Crippen LogP) is 1.59. The van der Waals surface area contributed by atoms with Crippen molar-refractivity contribution in [2.24, 2.45) is 5.41 Å². The highest BCUT2D eigenvalue weighted by molar-refractivity contribution is 5.30. The standard InChI is InChI=1S/C11H18N4O3/c1-11(2,3)4-9(16)7-14-10-12-5-8(6-13-10)15(17)18/h5-6,9,16H,4,7H2,1-3H3,(H,12,13,14). The van der Waals surface area contributed by atoms with Gasteiger partial charge in [0.2, 0.25) is 5.95 Å². The lowest BCUT2D eigenvalue weighted by molar-refractivity contribution is -0.385. The minimum atomic E-state index is -0.557. The van der Waals surface area contributed by atoms with Crippen LogP contribution in [0.15, 0.2) is 12.4 Å². The zero-order valence-electron chi connectivity index (χ0n) is 10.8. The molecule has 1 unspecified atom stereocenters. The van der Waals surface area contributed by atoms with Gasteiger partial charge in [-0.15, -0.1) is 0 Å². The Morgan fingerprint density at radius 1 is 1.44 bits per heavy atom. The van der Waals surface area contributed by atoms with E-state index in [2.05, 4.69) is 15.3 Å². The van der Waals surface area contributed by atoms with Gasteiger partial charge in [-0.2, -0.15) is 0 Å². The summed E-state index contributed by atoms with van der Waals surface area (Å²) in [6, 6.07) is 0. The van der Waals surface area contributed by atoms with Crippen molar-refractivity contribution in [2.75, 3.05) is 11.9 Å². The Morgan fingerprint density at radius 3 is 2.44 bits per heavy atom. The van der Waals surface area contributed by atoms with E-state index in [1.165, 1.54) is 0 Å². The maximum Gasteiger partial charge on any atom is 0.305 e. The molecule has 7 nitrogen and oxygen atoms in total. The van der Waals surface area contributed by atoms with E-state index in [9.17, 15) is 15.2 Å². The molecule has 0 spiro atoms. The highest BCUT2D eigenvalue weighted by Gasteiger charge is 2.16. The molecule has 18 heavy (non-hydrogen) atoms. The number of aliphatic hydroxyl groups is 1. The second-order valence-electron chi connectivity index (χ2n) is 5.32. The molecule has 100 valence electrons. The zero-order chi connectivity index (χ0) is 13.8. The summed E-state index contributed by atoms with van der Waals surface area (Å²) < 4.78 is 0. The van der Waals surface area contributed by atoms with E-state index in [1.54, 1.807) is 0 Å². The largest absolute Gasteiger partial charge is 0.391 e. The fourth-order valence-electron chi connectivity index (χ4n) is 1.49. The molecule has 0 saturated carbocycles. The first-order valence-electron chi connectivity index (χ1n) is 5.66. The second kappa shape index (κ2) is 5.72. The summed E-state index contributed by atoms with van der Waals surface area (Å²) in [4.78, 5) is 17.4. The first kappa shape index (κ1) is 14.3. The SMILES string of the molecule is CC(C)(C)CC(O)CNc1ncc([N+](=O)[O-])cn1. The lowest BCUT2D eigenvalue weighted by Gasteiger charge is -2.22. The van der Waals surface area contributed by atoms with Gasteiger partial charge < -0.3 is 10.4 Å². The van der Waals surface area contributed by atoms with Crippen molar-refractivity contribution in [1.29, 1.82) is 0 Å². The molecule has 0 bridgehead atoms. The summed E-state index contributed by atoms with van der Waals surface area (Å²) in [5.74, 6) is 0.272. The first-order valence-corrected chi connectivity index (χ1v) is 5.66. The van der Waals surface area contributed by atoms with Crippen LogP contribution in [0.2, 0.25) is 0 Å². The molecule has 1 atom stereocenters. The Morgan fingerprint density at radius 2 is 2.00 bits per heavy atom. The number of hydrogen-bond donors (Lipinski definition) is 2. The highest BCUT2D eigenvalue weighted by Crippen LogP contribution is 2.20. The third-order valence-corrected chi connectivity index (χ3v) is 2.19. The van der Waals surface area contributed by atoms with Crippen LogP contribution in [-0.4, -0.2) is 32.6 Å². The molecule has 0 saturated heterocycles. The molecule has 0 aliphatic heterocycles. The summed E-state index contributed by atoms with van der Waals surface area (Å²) in [5.41, 5.74) is -0.118. The van der Waals surface area contributed by atoms with Crippen molar-refractivity contribution in [2.45, 2.75) is 33.3 Å². The number of hydrogen-bond acceptors (Lipinski definition) is 6. The zero-order valence-corrected chi connectivity index (χ0v) is 10.8. The molecular weight excluding hydrogens is 236 g/mol. The van der Waals surface area contributed by atoms with Gasteiger partial charge in [0, 0.05) is 6.54 Å². The van der Waals surface area contributed by atoms with E-state index in [-0.39, 0.29) is 17.1 Å². The summed E-state index contributed by atoms with van der Waals surface area (Å²) in [6.45, 7) is 6.44. The highest BCUT2D eigenvalue weighted by atomic mass is 16.6. The van der Waals surface area contributed by atoms with Gasteiger partial charge in [0.05, 0.1) is 11.0 Å². The third kappa shape index (κ3) is 5.05. The van der Waals surface area contributed by atoms with Crippen LogP contribution in [0.1, 0.15) is 27.2 Å². The second-order valence-corrected chi connectivity index (χ2v) is 5.32. The van der Waals surface area contributed by atoms with Gasteiger partial charge in [-0.1, -0.05) is 20.8 Å². The summed E-state index contributed by atoms with van der Waals surface area (Å²) >= 11 is 0. The number of aromatic nitrogens is 2. The van der Waals surface area contributed by atoms with Crippen molar-refractivity contribution in [3.63, 3.8) is 0 Å². The first-order chi connectivity index (χ1) is 8.28. The molecule has 1 aromatic heterocycles. The maximum atomic E-state index is 10.4. The molecule has 1 rings (SSSR count). The molecule has 1 heterocycles. The van der Waals surface area contributed by atoms with Gasteiger partial charge in [0.15, 0.2) is 0 Å². The lowest BCUT2D eigenvalue weighted by atomic mass is 9.89. The van der Waals surface area contributed by atoms with Crippen LogP contribution in [-0.2, 0) is 0 Å². The van der Waals surface area contributed by atoms with Crippen LogP contribution in [0.25, 0.3) is 0 Å². The van der Waals surface area contributed by atoms with Crippen molar-refractivity contribution in [3.05, 3.63) is 22.5 Å². The van der Waals surface area contributed by atoms with Crippen LogP contribution < -0.4 is 5.32 Å². The maximum absolute atomic E-state index is 10.4. The van der Waals surface area contributed by atoms with Crippen LogP contribution in [0.5, 0.6) is 0 Å². The average Bonchev–Trinajstić information content (AvgIpc) is 2.24. The monoisotopic (exact) mass is 254 g/mol. The molecule has 0 aromatic carbocycles. The van der Waals surface area contributed by atoms with Crippen molar-refractivity contribution >= 4 is 11.6 Å². The minimum Gasteiger partial charge on any atom is -0.391 e. The summed E-state index contributed by atoms with van der Waals surface area (Å²) in [7, 11) is 0. The molecule has 0 aliphatic carbocycles. The molecule has 0 amide bonds. The Hall–Kier alpha value is -1.76. The van der Waals surface area contributed by atoms with Crippen molar-refractivity contribution < 1.29 is 10.0 Å². The van der Waals surface area contributed by atoms with Crippen LogP contribution >= 0.6 is 0 Å². The van der Waals surface area contributed by atoms with Crippen molar-refractivity contribution in [3.8, 4) is 0 Å². The Kier molecular flexibility index (Phi) is 4.55. The number of rotatable bonds is 5. The quantitative estimate of drug-likeness (QED) is 0.611. The number of nitro groups is 1. The molecule has 1 aromatic rings. The molecular formula is C11H18N4O3. The van der Waals surface area contributed by atoms with Gasteiger partial charge in [-0.25, -0.2) is 9.97 Å². The van der Waals surface area contributed by atoms with E-state index >= 15 is 0 Å². The average molecular weight is 254 g/mol. The van der Waals surface area contributed by atoms with E-state index in [0.29, 0.717) is 13.0 Å². The van der Waals surface area contributed by atoms with Gasteiger partial charge >= 0.3 is 5.69 Å². The lowest BCUT2D eigenvalue weighted by Crippen LogP contribution is -2.25. The normalized spacial score (nSPS) is 13.1. The predicted molar refractivity (Wildman–Crippen MR) is 67.3 cm³/mol. The molecule has 0 fully saturated rings. The Labute approximate surface area is 105 Å².